The lowest BCUT2D eigenvalue weighted by molar-refractivity contribution is -0.142. The summed E-state index contributed by atoms with van der Waals surface area (Å²) in [7, 11) is 0. The molecule has 1 aromatic heterocycles. The molecule has 0 saturated carbocycles. The number of rotatable bonds is 3. The van der Waals surface area contributed by atoms with E-state index >= 15 is 0 Å². The van der Waals surface area contributed by atoms with Gasteiger partial charge in [0.25, 0.3) is 0 Å². The Hall–Kier alpha value is -1.53. The smallest absolute Gasteiger partial charge is 0.408 e. The third-order valence-corrected chi connectivity index (χ3v) is 1.49. The van der Waals surface area contributed by atoms with Crippen molar-refractivity contribution < 1.29 is 22.7 Å². The van der Waals surface area contributed by atoms with Crippen molar-refractivity contribution >= 4 is 5.97 Å². The molecule has 15 heavy (non-hydrogen) atoms. The number of alkyl halides is 3. The Morgan fingerprint density at radius 3 is 2.80 bits per heavy atom. The average molecular weight is 222 g/mol. The summed E-state index contributed by atoms with van der Waals surface area (Å²) in [5, 5.41) is 3.40. The number of esters is 1. The minimum atomic E-state index is -4.35. The fourth-order valence-corrected chi connectivity index (χ4v) is 0.954. The van der Waals surface area contributed by atoms with Gasteiger partial charge < -0.3 is 4.74 Å². The molecule has 7 heteroatoms. The minimum Gasteiger partial charge on any atom is -0.462 e. The van der Waals surface area contributed by atoms with E-state index in [1.807, 2.05) is 0 Å². The molecule has 1 heterocycles. The van der Waals surface area contributed by atoms with Crippen molar-refractivity contribution in [2.45, 2.75) is 19.6 Å². The number of aromatic nitrogens is 2. The summed E-state index contributed by atoms with van der Waals surface area (Å²) in [4.78, 5) is 11.1. The molecule has 0 amide bonds. The van der Waals surface area contributed by atoms with Crippen molar-refractivity contribution in [3.8, 4) is 0 Å². The maximum Gasteiger partial charge on any atom is 0.408 e. The van der Waals surface area contributed by atoms with Crippen molar-refractivity contribution in [3.63, 3.8) is 0 Å². The van der Waals surface area contributed by atoms with Crippen LogP contribution in [0, 0.1) is 0 Å². The summed E-state index contributed by atoms with van der Waals surface area (Å²) in [6.45, 7) is 0.563. The van der Waals surface area contributed by atoms with E-state index in [1.54, 1.807) is 6.92 Å². The quantitative estimate of drug-likeness (QED) is 0.730. The van der Waals surface area contributed by atoms with Crippen LogP contribution in [-0.2, 0) is 11.3 Å². The first-order chi connectivity index (χ1) is 6.92. The highest BCUT2D eigenvalue weighted by molar-refractivity contribution is 5.88. The normalized spacial score (nSPS) is 11.5. The molecular formula is C8H9F3N2O2. The van der Waals surface area contributed by atoms with Crippen LogP contribution in [0.15, 0.2) is 12.4 Å². The van der Waals surface area contributed by atoms with E-state index in [9.17, 15) is 18.0 Å². The lowest BCUT2D eigenvalue weighted by Crippen LogP contribution is -2.17. The molecule has 0 spiro atoms. The van der Waals surface area contributed by atoms with E-state index in [1.165, 1.54) is 0 Å². The molecule has 0 aliphatic carbocycles. The fourth-order valence-electron chi connectivity index (χ4n) is 0.954. The van der Waals surface area contributed by atoms with Gasteiger partial charge in [-0.1, -0.05) is 0 Å². The van der Waals surface area contributed by atoms with Gasteiger partial charge in [0, 0.05) is 6.20 Å². The first kappa shape index (κ1) is 11.5. The molecule has 0 atom stereocenters. The van der Waals surface area contributed by atoms with Crippen molar-refractivity contribution in [1.29, 1.82) is 0 Å². The Labute approximate surface area is 83.6 Å². The molecule has 0 aliphatic heterocycles. The summed E-state index contributed by atoms with van der Waals surface area (Å²) in [5.74, 6) is -0.675. The van der Waals surface area contributed by atoms with Gasteiger partial charge in [-0.25, -0.2) is 4.79 Å². The van der Waals surface area contributed by atoms with Crippen molar-refractivity contribution in [1.82, 2.24) is 9.78 Å². The molecular weight excluding hydrogens is 213 g/mol. The third kappa shape index (κ3) is 3.61. The zero-order valence-corrected chi connectivity index (χ0v) is 7.91. The van der Waals surface area contributed by atoms with Crippen LogP contribution in [0.4, 0.5) is 13.2 Å². The predicted molar refractivity (Wildman–Crippen MR) is 44.2 cm³/mol. The highest BCUT2D eigenvalue weighted by Crippen LogP contribution is 2.17. The number of carbonyl (C=O) groups excluding carboxylic acids is 1. The monoisotopic (exact) mass is 222 g/mol. The van der Waals surface area contributed by atoms with Crippen molar-refractivity contribution in [2.75, 3.05) is 6.61 Å². The number of hydrogen-bond acceptors (Lipinski definition) is 3. The van der Waals surface area contributed by atoms with Crippen LogP contribution in [0.1, 0.15) is 17.3 Å². The Balaban J connectivity index is 2.68. The third-order valence-electron chi connectivity index (χ3n) is 1.49. The van der Waals surface area contributed by atoms with Crippen LogP contribution in [0.25, 0.3) is 0 Å². The second-order valence-corrected chi connectivity index (χ2v) is 2.76. The van der Waals surface area contributed by atoms with Gasteiger partial charge in [0.1, 0.15) is 6.54 Å². The largest absolute Gasteiger partial charge is 0.462 e. The number of hydrogen-bond donors (Lipinski definition) is 0. The van der Waals surface area contributed by atoms with Crippen LogP contribution in [-0.4, -0.2) is 28.5 Å². The molecule has 0 N–H and O–H groups in total. The molecule has 84 valence electrons. The first-order valence-corrected chi connectivity index (χ1v) is 4.18. The molecule has 0 aromatic carbocycles. The van der Waals surface area contributed by atoms with Crippen LogP contribution in [0.3, 0.4) is 0 Å². The van der Waals surface area contributed by atoms with Gasteiger partial charge in [0.15, 0.2) is 0 Å². The predicted octanol–water partition coefficient (Wildman–Crippen LogP) is 1.62. The molecule has 1 aromatic rings. The Morgan fingerprint density at radius 1 is 1.60 bits per heavy atom. The Bertz CT molecular complexity index is 346. The molecule has 4 nitrogen and oxygen atoms in total. The van der Waals surface area contributed by atoms with Gasteiger partial charge in [0.2, 0.25) is 0 Å². The summed E-state index contributed by atoms with van der Waals surface area (Å²) in [5.41, 5.74) is 0.0149. The Morgan fingerprint density at radius 2 is 2.27 bits per heavy atom. The van der Waals surface area contributed by atoms with Gasteiger partial charge in [0.05, 0.1) is 18.4 Å². The summed E-state index contributed by atoms with van der Waals surface area (Å²) in [6.07, 6.45) is -2.30. The maximum absolute atomic E-state index is 11.9. The van der Waals surface area contributed by atoms with Gasteiger partial charge in [-0.2, -0.15) is 18.3 Å². The van der Waals surface area contributed by atoms with Crippen LogP contribution < -0.4 is 0 Å². The number of nitrogens with zero attached hydrogens (tertiary/aromatic N) is 2. The van der Waals surface area contributed by atoms with Crippen molar-refractivity contribution in [3.05, 3.63) is 18.0 Å². The van der Waals surface area contributed by atoms with E-state index in [4.69, 9.17) is 0 Å². The van der Waals surface area contributed by atoms with E-state index < -0.39 is 18.7 Å². The molecule has 0 saturated heterocycles. The topological polar surface area (TPSA) is 44.1 Å². The second kappa shape index (κ2) is 4.33. The summed E-state index contributed by atoms with van der Waals surface area (Å²) in [6, 6.07) is 0. The zero-order valence-electron chi connectivity index (χ0n) is 7.91. The maximum atomic E-state index is 11.9. The minimum absolute atomic E-state index is 0.0149. The second-order valence-electron chi connectivity index (χ2n) is 2.76. The SMILES string of the molecule is CCOC(=O)c1cnn(CC(F)(F)F)c1. The van der Waals surface area contributed by atoms with Gasteiger partial charge in [-0.3, -0.25) is 4.68 Å². The lowest BCUT2D eigenvalue weighted by atomic mass is 10.4. The molecule has 0 bridgehead atoms. The molecule has 0 aliphatic rings. The number of ether oxygens (including phenoxy) is 1. The van der Waals surface area contributed by atoms with E-state index in [-0.39, 0.29) is 12.2 Å². The molecule has 0 unspecified atom stereocenters. The van der Waals surface area contributed by atoms with Crippen LogP contribution in [0.2, 0.25) is 0 Å². The van der Waals surface area contributed by atoms with Crippen molar-refractivity contribution in [2.24, 2.45) is 0 Å². The summed E-state index contributed by atoms with van der Waals surface area (Å²) < 4.78 is 41.0. The molecule has 1 rings (SSSR count). The number of carbonyl (C=O) groups is 1. The van der Waals surface area contributed by atoms with Gasteiger partial charge in [-0.15, -0.1) is 0 Å². The molecule has 0 radical (unpaired) electrons. The average Bonchev–Trinajstić information content (AvgIpc) is 2.50. The van der Waals surface area contributed by atoms with Gasteiger partial charge >= 0.3 is 12.1 Å². The highest BCUT2D eigenvalue weighted by Gasteiger charge is 2.28. The lowest BCUT2D eigenvalue weighted by Gasteiger charge is -2.04. The standard InChI is InChI=1S/C8H9F3N2O2/c1-2-15-7(14)6-3-12-13(4-6)5-8(9,10)11/h3-4H,2,5H2,1H3. The van der Waals surface area contributed by atoms with Crippen LogP contribution >= 0.6 is 0 Å². The van der Waals surface area contributed by atoms with E-state index in [0.717, 1.165) is 12.4 Å². The van der Waals surface area contributed by atoms with E-state index in [2.05, 4.69) is 9.84 Å². The van der Waals surface area contributed by atoms with Gasteiger partial charge in [-0.05, 0) is 6.92 Å². The van der Waals surface area contributed by atoms with Crippen LogP contribution in [0.5, 0.6) is 0 Å². The zero-order chi connectivity index (χ0) is 11.5. The highest BCUT2D eigenvalue weighted by atomic mass is 19.4. The summed E-state index contributed by atoms with van der Waals surface area (Å²) >= 11 is 0. The van der Waals surface area contributed by atoms with E-state index in [0.29, 0.717) is 4.68 Å². The first-order valence-electron chi connectivity index (χ1n) is 4.18. The Kier molecular flexibility index (Phi) is 3.33. The fraction of sp³-hybridized carbons (Fsp3) is 0.500. The molecule has 0 fully saturated rings. The number of halogens is 3.